The Morgan fingerprint density at radius 2 is 1.95 bits per heavy atom. The Labute approximate surface area is 129 Å². The van der Waals surface area contributed by atoms with E-state index in [1.807, 2.05) is 42.2 Å². The van der Waals surface area contributed by atoms with Crippen LogP contribution in [0.15, 0.2) is 43.0 Å². The van der Waals surface area contributed by atoms with Gasteiger partial charge in [0.05, 0.1) is 6.20 Å². The van der Waals surface area contributed by atoms with Crippen molar-refractivity contribution in [2.24, 2.45) is 7.05 Å². The van der Waals surface area contributed by atoms with Gasteiger partial charge in [0.15, 0.2) is 5.82 Å². The molecule has 0 fully saturated rings. The fraction of sp³-hybridized carbons (Fsp3) is 0.312. The molecule has 0 unspecified atom stereocenters. The standard InChI is InChI=1S/C16H20N6/c1-12(2)22-10-13(9-19-22)8-17-15-6-4-14(5-7-15)16-18-11-21(3)20-16/h4-7,9-12,17H,8H2,1-3H3. The lowest BCUT2D eigenvalue weighted by Gasteiger charge is -2.06. The van der Waals surface area contributed by atoms with Crippen molar-refractivity contribution < 1.29 is 0 Å². The van der Waals surface area contributed by atoms with Crippen molar-refractivity contribution in [2.45, 2.75) is 26.4 Å². The zero-order chi connectivity index (χ0) is 15.5. The molecule has 3 rings (SSSR count). The summed E-state index contributed by atoms with van der Waals surface area (Å²) in [5.74, 6) is 0.743. The summed E-state index contributed by atoms with van der Waals surface area (Å²) in [6.45, 7) is 5.00. The minimum Gasteiger partial charge on any atom is -0.381 e. The summed E-state index contributed by atoms with van der Waals surface area (Å²) < 4.78 is 3.67. The zero-order valence-corrected chi connectivity index (χ0v) is 13.1. The van der Waals surface area contributed by atoms with Crippen molar-refractivity contribution in [3.05, 3.63) is 48.5 Å². The molecule has 0 saturated carbocycles. The van der Waals surface area contributed by atoms with Crippen LogP contribution in [0.5, 0.6) is 0 Å². The molecule has 0 aliphatic rings. The van der Waals surface area contributed by atoms with Gasteiger partial charge in [0.2, 0.25) is 0 Å². The Balaban J connectivity index is 1.63. The highest BCUT2D eigenvalue weighted by atomic mass is 15.3. The van der Waals surface area contributed by atoms with Gasteiger partial charge in [-0.05, 0) is 38.1 Å². The van der Waals surface area contributed by atoms with Gasteiger partial charge >= 0.3 is 0 Å². The second-order valence-corrected chi connectivity index (χ2v) is 5.60. The molecule has 0 radical (unpaired) electrons. The maximum absolute atomic E-state index is 4.34. The summed E-state index contributed by atoms with van der Waals surface area (Å²) in [7, 11) is 1.86. The molecule has 2 heterocycles. The van der Waals surface area contributed by atoms with E-state index in [9.17, 15) is 0 Å². The first-order valence-electron chi connectivity index (χ1n) is 7.35. The van der Waals surface area contributed by atoms with Gasteiger partial charge in [-0.1, -0.05) is 0 Å². The van der Waals surface area contributed by atoms with Gasteiger partial charge in [-0.3, -0.25) is 9.36 Å². The predicted molar refractivity (Wildman–Crippen MR) is 86.4 cm³/mol. The van der Waals surface area contributed by atoms with Crippen molar-refractivity contribution in [3.63, 3.8) is 0 Å². The van der Waals surface area contributed by atoms with E-state index in [2.05, 4.69) is 40.5 Å². The van der Waals surface area contributed by atoms with Crippen LogP contribution in [0.25, 0.3) is 11.4 Å². The summed E-state index contributed by atoms with van der Waals surface area (Å²) in [6, 6.07) is 8.51. The molecule has 3 aromatic rings. The molecule has 0 spiro atoms. The minimum atomic E-state index is 0.388. The third kappa shape index (κ3) is 3.16. The molecule has 0 bridgehead atoms. The predicted octanol–water partition coefficient (Wildman–Crippen LogP) is 2.87. The Morgan fingerprint density at radius 3 is 2.55 bits per heavy atom. The van der Waals surface area contributed by atoms with Gasteiger partial charge in [0.1, 0.15) is 6.33 Å². The van der Waals surface area contributed by atoms with Crippen LogP contribution in [0, 0.1) is 0 Å². The number of nitrogens with zero attached hydrogens (tertiary/aromatic N) is 5. The van der Waals surface area contributed by atoms with Gasteiger partial charge in [0, 0.05) is 42.6 Å². The topological polar surface area (TPSA) is 60.6 Å². The Bertz CT molecular complexity index is 738. The summed E-state index contributed by atoms with van der Waals surface area (Å²) in [5, 5.41) is 12.0. The normalized spacial score (nSPS) is 11.1. The van der Waals surface area contributed by atoms with Crippen LogP contribution < -0.4 is 5.32 Å². The highest BCUT2D eigenvalue weighted by molar-refractivity contribution is 5.59. The molecule has 6 heteroatoms. The number of benzene rings is 1. The van der Waals surface area contributed by atoms with Crippen LogP contribution in [-0.2, 0) is 13.6 Å². The van der Waals surface area contributed by atoms with Crippen LogP contribution in [0.2, 0.25) is 0 Å². The van der Waals surface area contributed by atoms with Crippen LogP contribution >= 0.6 is 0 Å². The fourth-order valence-corrected chi connectivity index (χ4v) is 2.16. The Kier molecular flexibility index (Phi) is 3.91. The van der Waals surface area contributed by atoms with Crippen LogP contribution in [0.3, 0.4) is 0 Å². The molecule has 0 aliphatic carbocycles. The van der Waals surface area contributed by atoms with Crippen LogP contribution in [0.4, 0.5) is 5.69 Å². The number of hydrogen-bond donors (Lipinski definition) is 1. The summed E-state index contributed by atoms with van der Waals surface area (Å²) in [5.41, 5.74) is 3.25. The highest BCUT2D eigenvalue weighted by Crippen LogP contribution is 2.18. The van der Waals surface area contributed by atoms with Crippen LogP contribution in [-0.4, -0.2) is 24.5 Å². The number of nitrogens with one attached hydrogen (secondary N) is 1. The largest absolute Gasteiger partial charge is 0.381 e. The van der Waals surface area contributed by atoms with E-state index in [0.29, 0.717) is 6.04 Å². The Morgan fingerprint density at radius 1 is 1.18 bits per heavy atom. The lowest BCUT2D eigenvalue weighted by molar-refractivity contribution is 0.532. The maximum Gasteiger partial charge on any atom is 0.181 e. The van der Waals surface area contributed by atoms with Gasteiger partial charge in [-0.15, -0.1) is 0 Å². The molecule has 0 aliphatic heterocycles. The molecule has 0 amide bonds. The molecule has 6 nitrogen and oxygen atoms in total. The molecule has 0 atom stereocenters. The first-order valence-corrected chi connectivity index (χ1v) is 7.35. The lowest BCUT2D eigenvalue weighted by Crippen LogP contribution is -2.01. The zero-order valence-electron chi connectivity index (χ0n) is 13.1. The fourth-order valence-electron chi connectivity index (χ4n) is 2.16. The van der Waals surface area contributed by atoms with Gasteiger partial charge in [0.25, 0.3) is 0 Å². The highest BCUT2D eigenvalue weighted by Gasteiger charge is 2.04. The van der Waals surface area contributed by atoms with E-state index < -0.39 is 0 Å². The van der Waals surface area contributed by atoms with Crippen molar-refractivity contribution in [1.82, 2.24) is 24.5 Å². The van der Waals surface area contributed by atoms with Gasteiger partial charge < -0.3 is 5.32 Å². The lowest BCUT2D eigenvalue weighted by atomic mass is 10.2. The molecular weight excluding hydrogens is 276 g/mol. The summed E-state index contributed by atoms with van der Waals surface area (Å²) >= 11 is 0. The number of rotatable bonds is 5. The smallest absolute Gasteiger partial charge is 0.181 e. The molecular formula is C16H20N6. The third-order valence-corrected chi connectivity index (χ3v) is 3.42. The summed E-state index contributed by atoms with van der Waals surface area (Å²) in [6.07, 6.45) is 5.68. The number of aromatic nitrogens is 5. The molecule has 2 aromatic heterocycles. The van der Waals surface area contributed by atoms with Gasteiger partial charge in [-0.25, -0.2) is 4.98 Å². The maximum atomic E-state index is 4.34. The van der Waals surface area contributed by atoms with E-state index >= 15 is 0 Å². The molecule has 114 valence electrons. The van der Waals surface area contributed by atoms with Crippen molar-refractivity contribution >= 4 is 5.69 Å². The quantitative estimate of drug-likeness (QED) is 0.786. The first kappa shape index (κ1) is 14.3. The minimum absolute atomic E-state index is 0.388. The first-order chi connectivity index (χ1) is 10.6. The van der Waals surface area contributed by atoms with Crippen molar-refractivity contribution in [3.8, 4) is 11.4 Å². The van der Waals surface area contributed by atoms with E-state index in [1.54, 1.807) is 11.0 Å². The average molecular weight is 296 g/mol. The average Bonchev–Trinajstić information content (AvgIpc) is 3.15. The Hall–Kier alpha value is -2.63. The number of aryl methyl sites for hydroxylation is 1. The van der Waals surface area contributed by atoms with E-state index in [-0.39, 0.29) is 0 Å². The van der Waals surface area contributed by atoms with Gasteiger partial charge in [-0.2, -0.15) is 10.2 Å². The molecule has 1 N–H and O–H groups in total. The molecule has 0 saturated heterocycles. The van der Waals surface area contributed by atoms with E-state index in [0.717, 1.165) is 23.6 Å². The monoisotopic (exact) mass is 296 g/mol. The van der Waals surface area contributed by atoms with Crippen molar-refractivity contribution in [1.29, 1.82) is 0 Å². The second kappa shape index (κ2) is 6.01. The summed E-state index contributed by atoms with van der Waals surface area (Å²) in [4.78, 5) is 4.25. The molecule has 1 aromatic carbocycles. The number of anilines is 1. The van der Waals surface area contributed by atoms with E-state index in [1.165, 1.54) is 5.56 Å². The molecule has 22 heavy (non-hydrogen) atoms. The second-order valence-electron chi connectivity index (χ2n) is 5.60. The third-order valence-electron chi connectivity index (χ3n) is 3.42. The van der Waals surface area contributed by atoms with Crippen LogP contribution in [0.1, 0.15) is 25.5 Å². The van der Waals surface area contributed by atoms with E-state index in [4.69, 9.17) is 0 Å². The number of hydrogen-bond acceptors (Lipinski definition) is 4. The SMILES string of the molecule is CC(C)n1cc(CNc2ccc(-c3ncn(C)n3)cc2)cn1. The van der Waals surface area contributed by atoms with Crippen molar-refractivity contribution in [2.75, 3.05) is 5.32 Å².